The first-order valence-corrected chi connectivity index (χ1v) is 6.30. The van der Waals surface area contributed by atoms with Crippen LogP contribution < -0.4 is 14.9 Å². The molecule has 0 saturated carbocycles. The molecule has 20 heavy (non-hydrogen) atoms. The lowest BCUT2D eigenvalue weighted by Crippen LogP contribution is -1.95. The topological polar surface area (TPSA) is 42.8 Å². The zero-order chi connectivity index (χ0) is 14.4. The highest BCUT2D eigenvalue weighted by molar-refractivity contribution is 5.84. The molecule has 0 atom stereocenters. The molecule has 0 amide bonds. The minimum absolute atomic E-state index is 0.721. The van der Waals surface area contributed by atoms with E-state index >= 15 is 0 Å². The van der Waals surface area contributed by atoms with Crippen LogP contribution in [0, 0.1) is 6.92 Å². The maximum atomic E-state index is 5.31. The number of nitrogens with zero attached hydrogens (tertiary/aromatic N) is 1. The van der Waals surface area contributed by atoms with E-state index in [1.165, 1.54) is 5.56 Å². The first-order valence-electron chi connectivity index (χ1n) is 6.30. The van der Waals surface area contributed by atoms with E-state index in [0.29, 0.717) is 0 Å². The lowest BCUT2D eigenvalue weighted by atomic mass is 10.2. The largest absolute Gasteiger partial charge is 0.497 e. The second-order valence-electron chi connectivity index (χ2n) is 4.35. The number of nitrogens with one attached hydrogen (secondary N) is 1. The first-order chi connectivity index (χ1) is 9.72. The van der Waals surface area contributed by atoms with Gasteiger partial charge in [0, 0.05) is 11.6 Å². The molecule has 0 spiro atoms. The first kappa shape index (κ1) is 13.9. The molecule has 0 bridgehead atoms. The average Bonchev–Trinajstić information content (AvgIpc) is 2.47. The van der Waals surface area contributed by atoms with Crippen LogP contribution in [0.1, 0.15) is 11.1 Å². The van der Waals surface area contributed by atoms with E-state index in [9.17, 15) is 0 Å². The van der Waals surface area contributed by atoms with Crippen LogP contribution in [0.25, 0.3) is 0 Å². The summed E-state index contributed by atoms with van der Waals surface area (Å²) in [5.74, 6) is 1.48. The SMILES string of the molecule is COc1ccc(/C=N\Nc2cccc(C)c2)c(OC)c1. The van der Waals surface area contributed by atoms with Crippen molar-refractivity contribution >= 4 is 11.9 Å². The predicted octanol–water partition coefficient (Wildman–Crippen LogP) is 3.46. The lowest BCUT2D eigenvalue weighted by Gasteiger charge is -2.07. The molecule has 0 aliphatic carbocycles. The molecule has 1 N–H and O–H groups in total. The number of benzene rings is 2. The van der Waals surface area contributed by atoms with Gasteiger partial charge in [0.05, 0.1) is 26.1 Å². The van der Waals surface area contributed by atoms with E-state index in [-0.39, 0.29) is 0 Å². The molecular formula is C16H18N2O2. The van der Waals surface area contributed by atoms with Crippen LogP contribution in [-0.2, 0) is 0 Å². The summed E-state index contributed by atoms with van der Waals surface area (Å²) in [7, 11) is 3.25. The average molecular weight is 270 g/mol. The van der Waals surface area contributed by atoms with E-state index in [1.54, 1.807) is 20.4 Å². The van der Waals surface area contributed by atoms with Crippen LogP contribution in [0.5, 0.6) is 11.5 Å². The summed E-state index contributed by atoms with van der Waals surface area (Å²) in [5, 5.41) is 4.22. The van der Waals surface area contributed by atoms with Gasteiger partial charge < -0.3 is 9.47 Å². The van der Waals surface area contributed by atoms with Crippen molar-refractivity contribution in [3.05, 3.63) is 53.6 Å². The number of hydrogen-bond acceptors (Lipinski definition) is 4. The Morgan fingerprint density at radius 2 is 1.90 bits per heavy atom. The highest BCUT2D eigenvalue weighted by Crippen LogP contribution is 2.23. The molecule has 0 saturated heterocycles. The van der Waals surface area contributed by atoms with Gasteiger partial charge in [-0.2, -0.15) is 5.10 Å². The second kappa shape index (κ2) is 6.61. The Hall–Kier alpha value is -2.49. The molecule has 0 fully saturated rings. The zero-order valence-corrected chi connectivity index (χ0v) is 11.9. The Morgan fingerprint density at radius 3 is 2.60 bits per heavy atom. The second-order valence-corrected chi connectivity index (χ2v) is 4.35. The fourth-order valence-corrected chi connectivity index (χ4v) is 1.82. The molecule has 0 heterocycles. The number of rotatable bonds is 5. The third-order valence-corrected chi connectivity index (χ3v) is 2.86. The smallest absolute Gasteiger partial charge is 0.131 e. The van der Waals surface area contributed by atoms with Crippen molar-refractivity contribution in [1.82, 2.24) is 0 Å². The molecule has 4 nitrogen and oxygen atoms in total. The third kappa shape index (κ3) is 3.51. The summed E-state index contributed by atoms with van der Waals surface area (Å²) >= 11 is 0. The molecule has 104 valence electrons. The minimum atomic E-state index is 0.721. The van der Waals surface area contributed by atoms with Crippen molar-refractivity contribution in [1.29, 1.82) is 0 Å². The molecule has 2 aromatic carbocycles. The van der Waals surface area contributed by atoms with Gasteiger partial charge in [0.2, 0.25) is 0 Å². The van der Waals surface area contributed by atoms with Crippen LogP contribution in [0.4, 0.5) is 5.69 Å². The molecular weight excluding hydrogens is 252 g/mol. The Balaban J connectivity index is 2.11. The molecule has 0 radical (unpaired) electrons. The van der Waals surface area contributed by atoms with Gasteiger partial charge in [0.1, 0.15) is 11.5 Å². The summed E-state index contributed by atoms with van der Waals surface area (Å²) in [6.07, 6.45) is 1.72. The summed E-state index contributed by atoms with van der Waals surface area (Å²) in [4.78, 5) is 0. The fraction of sp³-hybridized carbons (Fsp3) is 0.188. The van der Waals surface area contributed by atoms with Gasteiger partial charge in [-0.1, -0.05) is 12.1 Å². The molecule has 0 aliphatic rings. The molecule has 0 aliphatic heterocycles. The van der Waals surface area contributed by atoms with Gasteiger partial charge in [-0.3, -0.25) is 5.43 Å². The van der Waals surface area contributed by atoms with Crippen LogP contribution in [0.2, 0.25) is 0 Å². The Morgan fingerprint density at radius 1 is 1.05 bits per heavy atom. The van der Waals surface area contributed by atoms with Gasteiger partial charge in [-0.25, -0.2) is 0 Å². The quantitative estimate of drug-likeness (QED) is 0.668. The number of hydrogen-bond donors (Lipinski definition) is 1. The van der Waals surface area contributed by atoms with Crippen molar-refractivity contribution in [3.63, 3.8) is 0 Å². The van der Waals surface area contributed by atoms with E-state index in [0.717, 1.165) is 22.7 Å². The van der Waals surface area contributed by atoms with Crippen molar-refractivity contribution in [3.8, 4) is 11.5 Å². The monoisotopic (exact) mass is 270 g/mol. The van der Waals surface area contributed by atoms with Crippen molar-refractivity contribution in [2.24, 2.45) is 5.10 Å². The van der Waals surface area contributed by atoms with E-state index in [1.807, 2.05) is 49.4 Å². The highest BCUT2D eigenvalue weighted by Gasteiger charge is 2.02. The maximum Gasteiger partial charge on any atom is 0.131 e. The summed E-state index contributed by atoms with van der Waals surface area (Å²) in [5.41, 5.74) is 6.02. The Bertz CT molecular complexity index is 609. The summed E-state index contributed by atoms with van der Waals surface area (Å²) in [6.45, 7) is 2.04. The number of ether oxygens (including phenoxy) is 2. The minimum Gasteiger partial charge on any atom is -0.497 e. The van der Waals surface area contributed by atoms with Gasteiger partial charge in [0.25, 0.3) is 0 Å². The van der Waals surface area contributed by atoms with Gasteiger partial charge in [-0.05, 0) is 36.8 Å². The third-order valence-electron chi connectivity index (χ3n) is 2.86. The zero-order valence-electron chi connectivity index (χ0n) is 11.9. The Labute approximate surface area is 119 Å². The molecule has 0 unspecified atom stereocenters. The molecule has 0 aromatic heterocycles. The summed E-state index contributed by atoms with van der Waals surface area (Å²) in [6, 6.07) is 13.6. The summed E-state index contributed by atoms with van der Waals surface area (Å²) < 4.78 is 10.5. The van der Waals surface area contributed by atoms with Crippen LogP contribution in [-0.4, -0.2) is 20.4 Å². The van der Waals surface area contributed by atoms with E-state index in [4.69, 9.17) is 9.47 Å². The lowest BCUT2D eigenvalue weighted by molar-refractivity contribution is 0.394. The van der Waals surface area contributed by atoms with Crippen LogP contribution in [0.15, 0.2) is 47.6 Å². The Kier molecular flexibility index (Phi) is 4.60. The fourth-order valence-electron chi connectivity index (χ4n) is 1.82. The van der Waals surface area contributed by atoms with Crippen molar-refractivity contribution in [2.75, 3.05) is 19.6 Å². The van der Waals surface area contributed by atoms with Crippen LogP contribution in [0.3, 0.4) is 0 Å². The predicted molar refractivity (Wildman–Crippen MR) is 81.9 cm³/mol. The van der Waals surface area contributed by atoms with Crippen molar-refractivity contribution < 1.29 is 9.47 Å². The maximum absolute atomic E-state index is 5.31. The van der Waals surface area contributed by atoms with Gasteiger partial charge in [-0.15, -0.1) is 0 Å². The van der Waals surface area contributed by atoms with Crippen molar-refractivity contribution in [2.45, 2.75) is 6.92 Å². The van der Waals surface area contributed by atoms with E-state index in [2.05, 4.69) is 10.5 Å². The molecule has 2 aromatic rings. The number of methoxy groups -OCH3 is 2. The van der Waals surface area contributed by atoms with E-state index < -0.39 is 0 Å². The highest BCUT2D eigenvalue weighted by atomic mass is 16.5. The number of anilines is 1. The standard InChI is InChI=1S/C16H18N2O2/c1-12-5-4-6-14(9-12)18-17-11-13-7-8-15(19-2)10-16(13)20-3/h4-11,18H,1-3H3/b17-11-. The number of aryl methyl sites for hydroxylation is 1. The molecule has 4 heteroatoms. The van der Waals surface area contributed by atoms with Crippen LogP contribution >= 0.6 is 0 Å². The van der Waals surface area contributed by atoms with Gasteiger partial charge in [0.15, 0.2) is 0 Å². The number of hydrazone groups is 1. The normalized spacial score (nSPS) is 10.6. The van der Waals surface area contributed by atoms with Gasteiger partial charge >= 0.3 is 0 Å². The molecule has 2 rings (SSSR count).